The molecule has 1 fully saturated rings. The number of nitrogens with zero attached hydrogens (tertiary/aromatic N) is 1. The van der Waals surface area contributed by atoms with Crippen LogP contribution in [0.1, 0.15) is 22.3 Å². The van der Waals surface area contributed by atoms with Crippen LogP contribution in [0.3, 0.4) is 0 Å². The maximum atomic E-state index is 12.6. The molecule has 2 aliphatic heterocycles. The van der Waals surface area contributed by atoms with E-state index in [1.54, 1.807) is 12.1 Å². The molecule has 2 aromatic rings. The second kappa shape index (κ2) is 7.15. The minimum Gasteiger partial charge on any atom is -0.486 e. The molecule has 5 nitrogen and oxygen atoms in total. The van der Waals surface area contributed by atoms with E-state index in [9.17, 15) is 4.79 Å². The quantitative estimate of drug-likeness (QED) is 0.802. The van der Waals surface area contributed by atoms with Crippen LogP contribution in [0.5, 0.6) is 11.5 Å². The van der Waals surface area contributed by atoms with Crippen LogP contribution in [0.25, 0.3) is 0 Å². The van der Waals surface area contributed by atoms with E-state index in [1.807, 2.05) is 24.3 Å². The monoisotopic (exact) mass is 339 g/mol. The van der Waals surface area contributed by atoms with E-state index < -0.39 is 0 Å². The molecule has 0 N–H and O–H groups in total. The van der Waals surface area contributed by atoms with Crippen LogP contribution in [-0.4, -0.2) is 43.3 Å². The molecule has 0 radical (unpaired) electrons. The smallest absolute Gasteiger partial charge is 0.342 e. The number of rotatable bonds is 4. The average Bonchev–Trinajstić information content (AvgIpc) is 3.09. The standard InChI is InChI=1S/C20H21NO4/c22-20(17-7-4-8-18-19(17)24-12-11-23-18)25-16-9-10-21(14-16)13-15-5-2-1-3-6-15/h1-8,16H,9-14H2/t16-/m1/s1. The van der Waals surface area contributed by atoms with Gasteiger partial charge in [-0.15, -0.1) is 0 Å². The van der Waals surface area contributed by atoms with Gasteiger partial charge in [-0.25, -0.2) is 4.79 Å². The zero-order valence-corrected chi connectivity index (χ0v) is 14.0. The van der Waals surface area contributed by atoms with E-state index in [0.717, 1.165) is 26.1 Å². The number of fused-ring (bicyclic) bond motifs is 1. The highest BCUT2D eigenvalue weighted by Crippen LogP contribution is 2.34. The lowest BCUT2D eigenvalue weighted by atomic mass is 10.1. The van der Waals surface area contributed by atoms with Gasteiger partial charge in [-0.05, 0) is 24.1 Å². The van der Waals surface area contributed by atoms with Gasteiger partial charge in [0.2, 0.25) is 0 Å². The molecule has 1 saturated heterocycles. The number of esters is 1. The maximum absolute atomic E-state index is 12.6. The van der Waals surface area contributed by atoms with Gasteiger partial charge in [0.15, 0.2) is 11.5 Å². The van der Waals surface area contributed by atoms with Gasteiger partial charge in [-0.2, -0.15) is 0 Å². The molecule has 130 valence electrons. The van der Waals surface area contributed by atoms with Crippen molar-refractivity contribution in [1.82, 2.24) is 4.90 Å². The molecule has 2 heterocycles. The van der Waals surface area contributed by atoms with Crippen LogP contribution < -0.4 is 9.47 Å². The Kier molecular flexibility index (Phi) is 4.57. The maximum Gasteiger partial charge on any atom is 0.342 e. The van der Waals surface area contributed by atoms with Crippen LogP contribution in [0.4, 0.5) is 0 Å². The molecule has 5 heteroatoms. The molecule has 1 atom stereocenters. The summed E-state index contributed by atoms with van der Waals surface area (Å²) in [6, 6.07) is 15.7. The van der Waals surface area contributed by atoms with Gasteiger partial charge in [-0.3, -0.25) is 4.90 Å². The molecule has 0 spiro atoms. The number of hydrogen-bond acceptors (Lipinski definition) is 5. The van der Waals surface area contributed by atoms with Crippen molar-refractivity contribution in [3.63, 3.8) is 0 Å². The summed E-state index contributed by atoms with van der Waals surface area (Å²) in [5.41, 5.74) is 1.72. The lowest BCUT2D eigenvalue weighted by molar-refractivity contribution is 0.0312. The second-order valence-electron chi connectivity index (χ2n) is 6.37. The molecule has 2 aliphatic rings. The summed E-state index contributed by atoms with van der Waals surface area (Å²) in [5.74, 6) is 0.768. The summed E-state index contributed by atoms with van der Waals surface area (Å²) in [5, 5.41) is 0. The number of benzene rings is 2. The first kappa shape index (κ1) is 16.0. The summed E-state index contributed by atoms with van der Waals surface area (Å²) < 4.78 is 16.8. The van der Waals surface area contributed by atoms with Crippen LogP contribution in [0.15, 0.2) is 48.5 Å². The fourth-order valence-electron chi connectivity index (χ4n) is 3.33. The molecular formula is C20H21NO4. The first-order chi connectivity index (χ1) is 12.3. The van der Waals surface area contributed by atoms with Crippen molar-refractivity contribution in [2.24, 2.45) is 0 Å². The summed E-state index contributed by atoms with van der Waals surface area (Å²) in [7, 11) is 0. The van der Waals surface area contributed by atoms with Crippen molar-refractivity contribution in [3.05, 3.63) is 59.7 Å². The highest BCUT2D eigenvalue weighted by Gasteiger charge is 2.28. The predicted octanol–water partition coefficient (Wildman–Crippen LogP) is 2.89. The highest BCUT2D eigenvalue weighted by atomic mass is 16.6. The molecule has 0 aliphatic carbocycles. The molecule has 2 aromatic carbocycles. The van der Waals surface area contributed by atoms with Crippen LogP contribution in [-0.2, 0) is 11.3 Å². The van der Waals surface area contributed by atoms with Crippen molar-refractivity contribution >= 4 is 5.97 Å². The Morgan fingerprint density at radius 2 is 1.92 bits per heavy atom. The summed E-state index contributed by atoms with van der Waals surface area (Å²) in [4.78, 5) is 14.9. The number of carbonyl (C=O) groups is 1. The Hall–Kier alpha value is -2.53. The summed E-state index contributed by atoms with van der Waals surface area (Å²) >= 11 is 0. The molecule has 25 heavy (non-hydrogen) atoms. The third kappa shape index (κ3) is 3.61. The second-order valence-corrected chi connectivity index (χ2v) is 6.37. The van der Waals surface area contributed by atoms with E-state index in [1.165, 1.54) is 5.56 Å². The molecule has 0 unspecified atom stereocenters. The predicted molar refractivity (Wildman–Crippen MR) is 93.0 cm³/mol. The fourth-order valence-corrected chi connectivity index (χ4v) is 3.33. The van der Waals surface area contributed by atoms with Crippen molar-refractivity contribution in [3.8, 4) is 11.5 Å². The van der Waals surface area contributed by atoms with Crippen molar-refractivity contribution < 1.29 is 19.0 Å². The van der Waals surface area contributed by atoms with Crippen molar-refractivity contribution in [1.29, 1.82) is 0 Å². The minimum atomic E-state index is -0.339. The van der Waals surface area contributed by atoms with Crippen LogP contribution >= 0.6 is 0 Å². The molecule has 0 bridgehead atoms. The Morgan fingerprint density at radius 1 is 1.08 bits per heavy atom. The lowest BCUT2D eigenvalue weighted by Gasteiger charge is -2.21. The Labute approximate surface area is 147 Å². The largest absolute Gasteiger partial charge is 0.486 e. The number of ether oxygens (including phenoxy) is 3. The molecule has 0 aromatic heterocycles. The third-order valence-corrected chi connectivity index (χ3v) is 4.54. The summed E-state index contributed by atoms with van der Waals surface area (Å²) in [6.45, 7) is 3.52. The highest BCUT2D eigenvalue weighted by molar-refractivity contribution is 5.93. The first-order valence-corrected chi connectivity index (χ1v) is 8.65. The van der Waals surface area contributed by atoms with Crippen LogP contribution in [0, 0.1) is 0 Å². The van der Waals surface area contributed by atoms with Gasteiger partial charge in [0, 0.05) is 19.6 Å². The number of likely N-dealkylation sites (tertiary alicyclic amines) is 1. The molecule has 0 saturated carbocycles. The van der Waals surface area contributed by atoms with Crippen molar-refractivity contribution in [2.45, 2.75) is 19.1 Å². The van der Waals surface area contributed by atoms with Gasteiger partial charge in [0.05, 0.1) is 0 Å². The van der Waals surface area contributed by atoms with E-state index >= 15 is 0 Å². The van der Waals surface area contributed by atoms with E-state index in [0.29, 0.717) is 30.3 Å². The molecular weight excluding hydrogens is 318 g/mol. The van der Waals surface area contributed by atoms with Gasteiger partial charge in [0.25, 0.3) is 0 Å². The normalized spacial score (nSPS) is 19.6. The van der Waals surface area contributed by atoms with Gasteiger partial charge in [0.1, 0.15) is 24.9 Å². The van der Waals surface area contributed by atoms with Gasteiger partial charge >= 0.3 is 5.97 Å². The van der Waals surface area contributed by atoms with Crippen molar-refractivity contribution in [2.75, 3.05) is 26.3 Å². The van der Waals surface area contributed by atoms with E-state index in [4.69, 9.17) is 14.2 Å². The third-order valence-electron chi connectivity index (χ3n) is 4.54. The zero-order valence-electron chi connectivity index (χ0n) is 14.0. The minimum absolute atomic E-state index is 0.0865. The molecule has 4 rings (SSSR count). The Balaban J connectivity index is 1.38. The average molecular weight is 339 g/mol. The number of hydrogen-bond donors (Lipinski definition) is 0. The Morgan fingerprint density at radius 3 is 2.80 bits per heavy atom. The van der Waals surface area contributed by atoms with E-state index in [2.05, 4.69) is 17.0 Å². The summed E-state index contributed by atoms with van der Waals surface area (Å²) in [6.07, 6.45) is 0.766. The van der Waals surface area contributed by atoms with Gasteiger partial charge < -0.3 is 14.2 Å². The SMILES string of the molecule is O=C(O[C@@H]1CCN(Cc2ccccc2)C1)c1cccc2c1OCCO2. The lowest BCUT2D eigenvalue weighted by Crippen LogP contribution is -2.25. The molecule has 0 amide bonds. The van der Waals surface area contributed by atoms with Gasteiger partial charge in [-0.1, -0.05) is 36.4 Å². The fraction of sp³-hybridized carbons (Fsp3) is 0.350. The van der Waals surface area contributed by atoms with E-state index in [-0.39, 0.29) is 12.1 Å². The number of carbonyl (C=O) groups excluding carboxylic acids is 1. The first-order valence-electron chi connectivity index (χ1n) is 8.65. The van der Waals surface area contributed by atoms with Crippen LogP contribution in [0.2, 0.25) is 0 Å². The Bertz CT molecular complexity index is 747. The topological polar surface area (TPSA) is 48.0 Å². The zero-order chi connectivity index (χ0) is 17.1. The number of para-hydroxylation sites is 1.